The predicted molar refractivity (Wildman–Crippen MR) is 135 cm³/mol. The van der Waals surface area contributed by atoms with Crippen LogP contribution in [0.15, 0.2) is 0 Å². The maximum absolute atomic E-state index is 11.1. The SMILES string of the molecule is [Cl-].[Cl-].[Cl-].[Cl-].[NH3+]C[C@H]1O[C@H](O[C@H]2[C@H](O[C@@H]3O[C@H](CO)[C@@H](O[C@@H]4O[C@H](CO)[C@@H](O)[C@H](O)[C@H]4O)[C@H](O)[C@H]3O)[C@@H](O)[C@H]([NH3+])C[C@@H]2[NH3+])[C@H]([NH3+])[C@@H](O)[C@@H]1O. The zero-order valence-corrected chi connectivity index (χ0v) is 28.7. The smallest absolute Gasteiger partial charge is 0.214 e. The summed E-state index contributed by atoms with van der Waals surface area (Å²) in [5, 5.41) is 104. The molecular weight excluding hydrogens is 742 g/mol. The maximum atomic E-state index is 11.1. The average Bonchev–Trinajstić information content (AvgIpc) is 3.00. The standard InChI is InChI=1S/C24H46N4O16.4ClH/c25-2-7-12(32)14(34)10(28)22(39-7)42-19-6(27)1-5(26)11(31)21(19)44-24-18(38)16(36)20(9(4-30)41-24)43-23-17(37)15(35)13(33)8(3-29)40-23;;;;/h5-24,29-38H,1-4,25-28H2;4*1H/t5-,6+,7-,8-,9-,10-,11+,12-,13-,14-,15+,16-,17-,18-,19-,20-,21-,22-,23+,24+;;;;/m1..../s1. The van der Waals surface area contributed by atoms with Crippen LogP contribution in [0.25, 0.3) is 0 Å². The highest BCUT2D eigenvalue weighted by Crippen LogP contribution is 2.33. The van der Waals surface area contributed by atoms with Crippen molar-refractivity contribution in [2.45, 2.75) is 129 Å². The van der Waals surface area contributed by atoms with Crippen LogP contribution >= 0.6 is 0 Å². The molecule has 1 aliphatic carbocycles. The van der Waals surface area contributed by atoms with Crippen molar-refractivity contribution >= 4 is 0 Å². The quantitative estimate of drug-likeness (QED) is 0.103. The molecule has 0 unspecified atom stereocenters. The Hall–Kier alpha value is 0.360. The van der Waals surface area contributed by atoms with Gasteiger partial charge in [-0.2, -0.15) is 0 Å². The highest BCUT2D eigenvalue weighted by Gasteiger charge is 2.56. The molecule has 1 saturated carbocycles. The van der Waals surface area contributed by atoms with Gasteiger partial charge >= 0.3 is 0 Å². The minimum absolute atomic E-state index is 0. The Morgan fingerprint density at radius 2 is 0.938 bits per heavy atom. The zero-order chi connectivity index (χ0) is 32.6. The minimum atomic E-state index is -1.87. The molecule has 3 saturated heterocycles. The first-order valence-corrected chi connectivity index (χ1v) is 14.6. The minimum Gasteiger partial charge on any atom is -1.00 e. The summed E-state index contributed by atoms with van der Waals surface area (Å²) >= 11 is 0. The van der Waals surface area contributed by atoms with E-state index in [-0.39, 0.29) is 62.6 Å². The lowest BCUT2D eigenvalue weighted by Gasteiger charge is -2.48. The lowest BCUT2D eigenvalue weighted by Crippen LogP contribution is -3.00. The van der Waals surface area contributed by atoms with Crippen molar-refractivity contribution in [3.63, 3.8) is 0 Å². The van der Waals surface area contributed by atoms with Crippen LogP contribution in [0.2, 0.25) is 0 Å². The molecule has 0 amide bonds. The molecular formula is C24H50Cl4N4O16. The molecule has 4 fully saturated rings. The summed E-state index contributed by atoms with van der Waals surface area (Å²) < 4.78 is 34.5. The lowest BCUT2D eigenvalue weighted by atomic mass is 9.84. The van der Waals surface area contributed by atoms with Crippen LogP contribution in [0.5, 0.6) is 0 Å². The van der Waals surface area contributed by atoms with E-state index in [1.54, 1.807) is 0 Å². The van der Waals surface area contributed by atoms with Crippen LogP contribution in [0.1, 0.15) is 6.42 Å². The normalized spacial score (nSPS) is 49.4. The molecule has 24 heteroatoms. The molecule has 20 atom stereocenters. The van der Waals surface area contributed by atoms with Crippen molar-refractivity contribution in [3.8, 4) is 0 Å². The second-order valence-corrected chi connectivity index (χ2v) is 11.9. The molecule has 4 rings (SSSR count). The number of halogens is 4. The molecule has 0 bridgehead atoms. The summed E-state index contributed by atoms with van der Waals surface area (Å²) in [6.07, 6.45) is -24.6. The predicted octanol–water partition coefficient (Wildman–Crippen LogP) is -24.3. The fourth-order valence-electron chi connectivity index (χ4n) is 6.08. The molecule has 22 N–H and O–H groups in total. The van der Waals surface area contributed by atoms with E-state index in [1.807, 2.05) is 0 Å². The molecule has 48 heavy (non-hydrogen) atoms. The van der Waals surface area contributed by atoms with Gasteiger partial charge in [0, 0.05) is 0 Å². The zero-order valence-electron chi connectivity index (χ0n) is 25.6. The Morgan fingerprint density at radius 1 is 0.479 bits per heavy atom. The maximum Gasteiger partial charge on any atom is 0.214 e. The summed E-state index contributed by atoms with van der Waals surface area (Å²) in [6, 6.07) is -2.12. The van der Waals surface area contributed by atoms with Gasteiger partial charge in [0.15, 0.2) is 18.6 Å². The molecule has 0 aromatic carbocycles. The van der Waals surface area contributed by atoms with Crippen molar-refractivity contribution < 1.29 is 152 Å². The number of rotatable bonds is 9. The van der Waals surface area contributed by atoms with Gasteiger partial charge in [-0.1, -0.05) is 0 Å². The third kappa shape index (κ3) is 9.86. The molecule has 0 aromatic rings. The summed E-state index contributed by atoms with van der Waals surface area (Å²) in [5.74, 6) is 0. The highest BCUT2D eigenvalue weighted by atomic mass is 35.5. The Morgan fingerprint density at radius 3 is 1.48 bits per heavy atom. The van der Waals surface area contributed by atoms with Gasteiger partial charge in [-0.15, -0.1) is 0 Å². The molecule has 3 heterocycles. The monoisotopic (exact) mass is 790 g/mol. The van der Waals surface area contributed by atoms with Crippen molar-refractivity contribution in [1.82, 2.24) is 0 Å². The number of ether oxygens (including phenoxy) is 6. The van der Waals surface area contributed by atoms with Gasteiger partial charge in [0.1, 0.15) is 104 Å². The van der Waals surface area contributed by atoms with Gasteiger partial charge in [-0.05, 0) is 0 Å². The molecule has 290 valence electrons. The number of aliphatic hydroxyl groups is 10. The summed E-state index contributed by atoms with van der Waals surface area (Å²) in [7, 11) is 0. The largest absolute Gasteiger partial charge is 1.00 e. The van der Waals surface area contributed by atoms with Crippen molar-refractivity contribution in [3.05, 3.63) is 0 Å². The third-order valence-electron chi connectivity index (χ3n) is 8.87. The molecule has 0 spiro atoms. The fourth-order valence-corrected chi connectivity index (χ4v) is 6.08. The van der Waals surface area contributed by atoms with Crippen LogP contribution in [0, 0.1) is 0 Å². The average molecular weight is 792 g/mol. The number of quaternary nitrogens is 4. The Bertz CT molecular complexity index is 930. The van der Waals surface area contributed by atoms with E-state index < -0.39 is 136 Å². The molecule has 4 aliphatic rings. The van der Waals surface area contributed by atoms with Crippen molar-refractivity contribution in [2.24, 2.45) is 0 Å². The first-order chi connectivity index (χ1) is 20.7. The van der Waals surface area contributed by atoms with Crippen molar-refractivity contribution in [1.29, 1.82) is 0 Å². The van der Waals surface area contributed by atoms with Crippen LogP contribution in [-0.2, 0) is 28.4 Å². The Balaban J connectivity index is 0.00000552. The van der Waals surface area contributed by atoms with E-state index in [0.29, 0.717) is 0 Å². The first kappa shape index (κ1) is 48.4. The van der Waals surface area contributed by atoms with E-state index in [1.165, 1.54) is 0 Å². The molecule has 0 aromatic heterocycles. The van der Waals surface area contributed by atoms with E-state index in [0.717, 1.165) is 0 Å². The Kier molecular flexibility index (Phi) is 20.7. The van der Waals surface area contributed by atoms with Gasteiger partial charge in [-0.3, -0.25) is 0 Å². The lowest BCUT2D eigenvalue weighted by molar-refractivity contribution is -0.537. The highest BCUT2D eigenvalue weighted by molar-refractivity contribution is 4.98. The summed E-state index contributed by atoms with van der Waals surface area (Å²) in [5.41, 5.74) is 15.6. The number of hydrogen-bond donors (Lipinski definition) is 14. The van der Waals surface area contributed by atoms with Gasteiger partial charge in [0.2, 0.25) is 6.29 Å². The van der Waals surface area contributed by atoms with Gasteiger partial charge in [-0.25, -0.2) is 0 Å². The number of hydrogen-bond acceptors (Lipinski definition) is 16. The fraction of sp³-hybridized carbons (Fsp3) is 1.00. The third-order valence-corrected chi connectivity index (χ3v) is 8.87. The van der Waals surface area contributed by atoms with Gasteiger partial charge in [0.25, 0.3) is 0 Å². The second kappa shape index (κ2) is 20.6. The number of aliphatic hydroxyl groups excluding tert-OH is 10. The molecule has 3 aliphatic heterocycles. The Labute approximate surface area is 300 Å². The summed E-state index contributed by atoms with van der Waals surface area (Å²) in [4.78, 5) is 0. The van der Waals surface area contributed by atoms with Crippen LogP contribution in [0.3, 0.4) is 0 Å². The van der Waals surface area contributed by atoms with Crippen LogP contribution < -0.4 is 72.6 Å². The van der Waals surface area contributed by atoms with Crippen molar-refractivity contribution in [2.75, 3.05) is 19.8 Å². The van der Waals surface area contributed by atoms with E-state index >= 15 is 0 Å². The van der Waals surface area contributed by atoms with E-state index in [2.05, 4.69) is 22.9 Å². The summed E-state index contributed by atoms with van der Waals surface area (Å²) in [6.45, 7) is -1.41. The first-order valence-electron chi connectivity index (χ1n) is 14.6. The van der Waals surface area contributed by atoms with Crippen LogP contribution in [-0.4, -0.2) is 193 Å². The molecule has 20 nitrogen and oxygen atoms in total. The van der Waals surface area contributed by atoms with E-state index in [4.69, 9.17) is 28.4 Å². The van der Waals surface area contributed by atoms with Gasteiger partial charge in [0.05, 0.1) is 19.6 Å². The van der Waals surface area contributed by atoms with Gasteiger partial charge < -0.3 is 152 Å². The van der Waals surface area contributed by atoms with E-state index in [9.17, 15) is 51.1 Å². The van der Waals surface area contributed by atoms with Crippen LogP contribution in [0.4, 0.5) is 0 Å². The topological polar surface area (TPSA) is 368 Å². The molecule has 0 radical (unpaired) electrons. The second-order valence-electron chi connectivity index (χ2n) is 11.9.